The Morgan fingerprint density at radius 2 is 1.00 bits per heavy atom. The van der Waals surface area contributed by atoms with Crippen molar-refractivity contribution in [1.82, 2.24) is 0 Å². The van der Waals surface area contributed by atoms with Crippen molar-refractivity contribution in [3.05, 3.63) is 0 Å². The highest BCUT2D eigenvalue weighted by Crippen LogP contribution is 3.06. The van der Waals surface area contributed by atoms with Crippen LogP contribution in [0, 0.1) is 0 Å². The van der Waals surface area contributed by atoms with Gasteiger partial charge in [0, 0.05) is 0 Å². The summed E-state index contributed by atoms with van der Waals surface area (Å²) in [6.45, 7) is 0. The molecule has 0 spiro atoms. The fraction of sp³-hybridized carbons (Fsp3) is 1.00. The van der Waals surface area contributed by atoms with Crippen LogP contribution in [-0.4, -0.2) is 9.18 Å². The lowest BCUT2D eigenvalue weighted by molar-refractivity contribution is -0.170. The molecule has 0 aromatic rings. The van der Waals surface area contributed by atoms with E-state index in [1.54, 1.807) is 0 Å². The Morgan fingerprint density at radius 3 is 1.00 bits per heavy atom. The van der Waals surface area contributed by atoms with E-state index in [9.17, 15) is 37.0 Å². The number of hydrogen-bond acceptors (Lipinski definition) is 0. The van der Waals surface area contributed by atoms with Gasteiger partial charge < -0.3 is 0 Å². The Kier molecular flexibility index (Phi) is 2.24. The van der Waals surface area contributed by atoms with Gasteiger partial charge in [-0.3, -0.25) is 0 Å². The van der Waals surface area contributed by atoms with E-state index in [2.05, 4.69) is 0 Å². The smallest absolute Gasteiger partial charge is 0.200 e. The van der Waals surface area contributed by atoms with Gasteiger partial charge in [0.1, 0.15) is 0 Å². The van der Waals surface area contributed by atoms with Gasteiger partial charge in [0.05, 0.1) is 0 Å². The monoisotopic (exact) mass is 354 g/mol. The third-order valence-electron chi connectivity index (χ3n) is 0.814. The van der Waals surface area contributed by atoms with Crippen LogP contribution >= 0.6 is 32.8 Å². The Morgan fingerprint density at radius 1 is 0.769 bits per heavy atom. The molecule has 11 heteroatoms. The molecular formula is C2F9IS. The minimum atomic E-state index is -11.2. The van der Waals surface area contributed by atoms with Crippen molar-refractivity contribution in [1.29, 1.82) is 0 Å². The third kappa shape index (κ3) is 2.27. The first-order chi connectivity index (χ1) is 5.00. The summed E-state index contributed by atoms with van der Waals surface area (Å²) in [6.07, 6.45) is -6.70. The fourth-order valence-electron chi connectivity index (χ4n) is 0.219. The van der Waals surface area contributed by atoms with Crippen LogP contribution < -0.4 is 0 Å². The average molecular weight is 354 g/mol. The maximum absolute atomic E-state index is 11.9. The summed E-state index contributed by atoms with van der Waals surface area (Å²) in [5.74, 6) is 0. The zero-order chi connectivity index (χ0) is 11.4. The van der Waals surface area contributed by atoms with Crippen LogP contribution in [0.1, 0.15) is 0 Å². The van der Waals surface area contributed by atoms with E-state index in [0.717, 1.165) is 0 Å². The summed E-state index contributed by atoms with van der Waals surface area (Å²) in [4.78, 5) is 0. The van der Waals surface area contributed by atoms with Crippen LogP contribution in [0.2, 0.25) is 0 Å². The van der Waals surface area contributed by atoms with Gasteiger partial charge in [-0.1, -0.05) is 19.4 Å². The van der Waals surface area contributed by atoms with E-state index in [1.165, 1.54) is 0 Å². The van der Waals surface area contributed by atoms with Crippen molar-refractivity contribution in [2.45, 2.75) is 9.18 Å². The third-order valence-corrected chi connectivity index (χ3v) is 5.12. The van der Waals surface area contributed by atoms with Crippen molar-refractivity contribution < 1.29 is 37.0 Å². The van der Waals surface area contributed by atoms with Crippen LogP contribution in [-0.2, 0) is 0 Å². The normalized spacial score (nSPS) is 24.5. The molecule has 0 bridgehead atoms. The van der Waals surface area contributed by atoms with Gasteiger partial charge in [-0.25, -0.2) is 0 Å². The molecule has 0 amide bonds. The van der Waals surface area contributed by atoms with Crippen LogP contribution in [0.3, 0.4) is 0 Å². The summed E-state index contributed by atoms with van der Waals surface area (Å²) in [5.41, 5.74) is 0. The highest BCUT2D eigenvalue weighted by atomic mass is 127. The molecule has 0 aromatic carbocycles. The molecule has 0 nitrogen and oxygen atoms in total. The number of halogens is 10. The fourth-order valence-corrected chi connectivity index (χ4v) is 0.656. The van der Waals surface area contributed by atoms with Gasteiger partial charge >= 0.3 is 19.4 Å². The zero-order valence-electron chi connectivity index (χ0n) is 5.19. The van der Waals surface area contributed by atoms with Crippen molar-refractivity contribution in [3.8, 4) is 0 Å². The Labute approximate surface area is 79.3 Å². The molecule has 0 radical (unpaired) electrons. The SMILES string of the molecule is FC(F)(F)C(F)(I)S(F)(F)(F)(F)F. The molecule has 0 N–H and O–H groups in total. The molecular weight excluding hydrogens is 354 g/mol. The lowest BCUT2D eigenvalue weighted by Gasteiger charge is -2.47. The second kappa shape index (κ2) is 2.17. The van der Waals surface area contributed by atoms with Gasteiger partial charge in [0.15, 0.2) is 0 Å². The van der Waals surface area contributed by atoms with E-state index >= 15 is 0 Å². The Hall–Kier alpha value is 0.450. The van der Waals surface area contributed by atoms with Crippen molar-refractivity contribution in [2.24, 2.45) is 0 Å². The zero-order valence-corrected chi connectivity index (χ0v) is 8.16. The molecule has 0 aromatic heterocycles. The molecule has 0 aliphatic carbocycles. The summed E-state index contributed by atoms with van der Waals surface area (Å²) in [7, 11) is -11.2. The van der Waals surface area contributed by atoms with E-state index in [1.807, 2.05) is 0 Å². The van der Waals surface area contributed by atoms with Crippen LogP contribution in [0.5, 0.6) is 0 Å². The van der Waals surface area contributed by atoms with E-state index in [0.29, 0.717) is 0 Å². The average Bonchev–Trinajstić information content (AvgIpc) is 1.52. The first-order valence-electron chi connectivity index (χ1n) is 2.17. The molecule has 0 saturated heterocycles. The van der Waals surface area contributed by atoms with E-state index in [-0.39, 0.29) is 0 Å². The van der Waals surface area contributed by atoms with Crippen LogP contribution in [0.25, 0.3) is 0 Å². The Bertz CT molecular complexity index is 216. The maximum Gasteiger partial charge on any atom is 0.451 e. The highest BCUT2D eigenvalue weighted by Gasteiger charge is 2.89. The second-order valence-electron chi connectivity index (χ2n) is 1.98. The molecule has 0 heterocycles. The first kappa shape index (κ1) is 13.4. The van der Waals surface area contributed by atoms with Gasteiger partial charge in [-0.05, 0) is 22.6 Å². The maximum atomic E-state index is 11.9. The molecule has 13 heavy (non-hydrogen) atoms. The minimum absolute atomic E-state index is 0.992. The summed E-state index contributed by atoms with van der Waals surface area (Å²) < 4.78 is 96.1. The molecule has 1 unspecified atom stereocenters. The predicted octanol–water partition coefficient (Wildman–Crippen LogP) is 4.91. The van der Waals surface area contributed by atoms with Crippen molar-refractivity contribution in [3.63, 3.8) is 0 Å². The molecule has 0 rings (SSSR count). The topological polar surface area (TPSA) is 0 Å². The molecule has 0 fully saturated rings. The highest BCUT2D eigenvalue weighted by molar-refractivity contribution is 14.1. The molecule has 0 aliphatic heterocycles. The summed E-state index contributed by atoms with van der Waals surface area (Å²) >= 11 is -0.992. The molecule has 0 aliphatic rings. The standard InChI is InChI=1S/C2F9IS/c3-1(4,5)2(6,12)13(7,8,9,10)11. The molecule has 1 atom stereocenters. The van der Waals surface area contributed by atoms with E-state index in [4.69, 9.17) is 0 Å². The van der Waals surface area contributed by atoms with Crippen LogP contribution in [0.15, 0.2) is 0 Å². The predicted molar refractivity (Wildman–Crippen MR) is 37.0 cm³/mol. The molecule has 84 valence electrons. The van der Waals surface area contributed by atoms with Gasteiger partial charge in [0.25, 0.3) is 0 Å². The van der Waals surface area contributed by atoms with Gasteiger partial charge in [-0.2, -0.15) is 17.6 Å². The lowest BCUT2D eigenvalue weighted by atomic mass is 10.7. The van der Waals surface area contributed by atoms with Crippen molar-refractivity contribution >= 4 is 32.8 Å². The first-order valence-corrected chi connectivity index (χ1v) is 5.20. The number of hydrogen-bond donors (Lipinski definition) is 0. The minimum Gasteiger partial charge on any atom is -0.200 e. The van der Waals surface area contributed by atoms with Gasteiger partial charge in [0.2, 0.25) is 0 Å². The lowest BCUT2D eigenvalue weighted by Crippen LogP contribution is -2.44. The van der Waals surface area contributed by atoms with E-state index < -0.39 is 42.0 Å². The number of rotatable bonds is 1. The number of alkyl halides is 5. The summed E-state index contributed by atoms with van der Waals surface area (Å²) in [5, 5.41) is 0. The van der Waals surface area contributed by atoms with Gasteiger partial charge in [-0.15, -0.1) is 0 Å². The summed E-state index contributed by atoms with van der Waals surface area (Å²) in [6, 6.07) is 0. The Balaban J connectivity index is 5.60. The second-order valence-corrected chi connectivity index (χ2v) is 6.70. The van der Waals surface area contributed by atoms with Crippen molar-refractivity contribution in [2.75, 3.05) is 0 Å². The largest absolute Gasteiger partial charge is 0.451 e. The molecule has 0 saturated carbocycles. The van der Waals surface area contributed by atoms with Crippen LogP contribution in [0.4, 0.5) is 37.0 Å². The quantitative estimate of drug-likeness (QED) is 0.357.